The first-order valence-corrected chi connectivity index (χ1v) is 9.04. The zero-order valence-electron chi connectivity index (χ0n) is 13.7. The van der Waals surface area contributed by atoms with Crippen molar-refractivity contribution in [1.29, 1.82) is 0 Å². The van der Waals surface area contributed by atoms with Crippen LogP contribution in [0.2, 0.25) is 0 Å². The number of hydrogen-bond donors (Lipinski definition) is 2. The molecule has 0 heterocycles. The van der Waals surface area contributed by atoms with E-state index in [2.05, 4.69) is 42.7 Å². The molecule has 26 heavy (non-hydrogen) atoms. The molecule has 2 aromatic rings. The Morgan fingerprint density at radius 1 is 1.15 bits per heavy atom. The zero-order chi connectivity index (χ0) is 19.1. The SMILES string of the molecule is Cc1cc(Br)cc(Br)c1OCC(=O)NNC(=O)C=Cc1ccc(F)cc1. The molecule has 0 radical (unpaired) electrons. The smallest absolute Gasteiger partial charge is 0.276 e. The molecule has 0 saturated carbocycles. The van der Waals surface area contributed by atoms with E-state index in [1.807, 2.05) is 19.1 Å². The fourth-order valence-electron chi connectivity index (χ4n) is 1.96. The number of hydrogen-bond acceptors (Lipinski definition) is 3. The van der Waals surface area contributed by atoms with Crippen molar-refractivity contribution in [2.45, 2.75) is 6.92 Å². The van der Waals surface area contributed by atoms with Gasteiger partial charge >= 0.3 is 0 Å². The van der Waals surface area contributed by atoms with Gasteiger partial charge in [0.25, 0.3) is 11.8 Å². The number of hydrazine groups is 1. The topological polar surface area (TPSA) is 67.4 Å². The Hall–Kier alpha value is -2.19. The van der Waals surface area contributed by atoms with Crippen LogP contribution in [0.1, 0.15) is 11.1 Å². The highest BCUT2D eigenvalue weighted by atomic mass is 79.9. The van der Waals surface area contributed by atoms with Crippen molar-refractivity contribution in [3.63, 3.8) is 0 Å². The van der Waals surface area contributed by atoms with Gasteiger partial charge in [-0.1, -0.05) is 28.1 Å². The summed E-state index contributed by atoms with van der Waals surface area (Å²) in [6.45, 7) is 1.59. The average molecular weight is 486 g/mol. The molecule has 136 valence electrons. The summed E-state index contributed by atoms with van der Waals surface area (Å²) in [4.78, 5) is 23.4. The van der Waals surface area contributed by atoms with Crippen molar-refractivity contribution in [1.82, 2.24) is 10.9 Å². The lowest BCUT2D eigenvalue weighted by Crippen LogP contribution is -2.43. The van der Waals surface area contributed by atoms with Crippen LogP contribution in [0.15, 0.2) is 51.4 Å². The minimum atomic E-state index is -0.524. The summed E-state index contributed by atoms with van der Waals surface area (Å²) in [7, 11) is 0. The molecule has 0 aliphatic heterocycles. The lowest BCUT2D eigenvalue weighted by atomic mass is 10.2. The van der Waals surface area contributed by atoms with Crippen molar-refractivity contribution in [2.75, 3.05) is 6.61 Å². The van der Waals surface area contributed by atoms with Crippen LogP contribution in [0.4, 0.5) is 4.39 Å². The van der Waals surface area contributed by atoms with Gasteiger partial charge in [0.05, 0.1) is 4.47 Å². The first kappa shape index (κ1) is 20.1. The molecule has 0 atom stereocenters. The van der Waals surface area contributed by atoms with Gasteiger partial charge < -0.3 is 4.74 Å². The summed E-state index contributed by atoms with van der Waals surface area (Å²) in [5, 5.41) is 0. The van der Waals surface area contributed by atoms with Crippen molar-refractivity contribution < 1.29 is 18.7 Å². The Bertz CT molecular complexity index is 816. The van der Waals surface area contributed by atoms with Crippen LogP contribution in [0.25, 0.3) is 6.08 Å². The summed E-state index contributed by atoms with van der Waals surface area (Å²) >= 11 is 6.73. The molecule has 8 heteroatoms. The summed E-state index contributed by atoms with van der Waals surface area (Å²) in [6.07, 6.45) is 2.73. The zero-order valence-corrected chi connectivity index (χ0v) is 16.9. The molecule has 0 aliphatic rings. The highest BCUT2D eigenvalue weighted by Gasteiger charge is 2.10. The van der Waals surface area contributed by atoms with E-state index in [4.69, 9.17) is 4.74 Å². The second-order valence-corrected chi connectivity index (χ2v) is 7.01. The molecule has 0 unspecified atom stereocenters. The second-order valence-electron chi connectivity index (χ2n) is 5.24. The first-order chi connectivity index (χ1) is 12.3. The van der Waals surface area contributed by atoms with Gasteiger partial charge in [-0.05, 0) is 64.3 Å². The van der Waals surface area contributed by atoms with E-state index in [0.717, 1.165) is 10.0 Å². The van der Waals surface area contributed by atoms with Gasteiger partial charge in [-0.15, -0.1) is 0 Å². The van der Waals surface area contributed by atoms with Gasteiger partial charge in [0, 0.05) is 10.5 Å². The van der Waals surface area contributed by atoms with Gasteiger partial charge in [0.1, 0.15) is 11.6 Å². The Morgan fingerprint density at radius 3 is 2.50 bits per heavy atom. The average Bonchev–Trinajstić information content (AvgIpc) is 2.58. The second kappa shape index (κ2) is 9.49. The minimum absolute atomic E-state index is 0.261. The van der Waals surface area contributed by atoms with Crippen molar-refractivity contribution >= 4 is 49.8 Å². The van der Waals surface area contributed by atoms with Crippen LogP contribution >= 0.6 is 31.9 Å². The molecule has 5 nitrogen and oxygen atoms in total. The van der Waals surface area contributed by atoms with E-state index in [1.54, 1.807) is 0 Å². The summed E-state index contributed by atoms with van der Waals surface area (Å²) in [6, 6.07) is 9.31. The first-order valence-electron chi connectivity index (χ1n) is 7.46. The molecule has 0 aromatic heterocycles. The lowest BCUT2D eigenvalue weighted by molar-refractivity contribution is -0.128. The minimum Gasteiger partial charge on any atom is -0.482 e. The van der Waals surface area contributed by atoms with Crippen LogP contribution in [0.5, 0.6) is 5.75 Å². The third-order valence-electron chi connectivity index (χ3n) is 3.16. The Balaban J connectivity index is 1.79. The maximum atomic E-state index is 12.8. The Morgan fingerprint density at radius 2 is 1.85 bits per heavy atom. The van der Waals surface area contributed by atoms with E-state index in [-0.39, 0.29) is 12.4 Å². The summed E-state index contributed by atoms with van der Waals surface area (Å²) in [5.74, 6) is -0.844. The van der Waals surface area contributed by atoms with Gasteiger partial charge in [0.15, 0.2) is 6.61 Å². The molecule has 0 saturated heterocycles. The van der Waals surface area contributed by atoms with E-state index in [1.165, 1.54) is 36.4 Å². The lowest BCUT2D eigenvalue weighted by Gasteiger charge is -2.12. The van der Waals surface area contributed by atoms with E-state index in [0.29, 0.717) is 15.8 Å². The van der Waals surface area contributed by atoms with E-state index < -0.39 is 11.8 Å². The Kier molecular flexibility index (Phi) is 7.35. The monoisotopic (exact) mass is 484 g/mol. The molecule has 2 amide bonds. The largest absolute Gasteiger partial charge is 0.482 e. The van der Waals surface area contributed by atoms with Gasteiger partial charge in [-0.25, -0.2) is 4.39 Å². The predicted octanol–water partition coefficient (Wildman–Crippen LogP) is 3.90. The number of halogens is 3. The third-order valence-corrected chi connectivity index (χ3v) is 4.21. The highest BCUT2D eigenvalue weighted by Crippen LogP contribution is 2.32. The normalized spacial score (nSPS) is 10.6. The Labute approximate surface area is 166 Å². The number of nitrogens with one attached hydrogen (secondary N) is 2. The molecule has 0 spiro atoms. The molecule has 2 aromatic carbocycles. The number of benzene rings is 2. The van der Waals surface area contributed by atoms with Crippen LogP contribution in [-0.4, -0.2) is 18.4 Å². The fourth-order valence-corrected chi connectivity index (χ4v) is 3.52. The maximum Gasteiger partial charge on any atom is 0.276 e. The van der Waals surface area contributed by atoms with Crippen molar-refractivity contribution in [3.05, 3.63) is 68.4 Å². The quantitative estimate of drug-likeness (QED) is 0.498. The van der Waals surface area contributed by atoms with Crippen LogP contribution in [0, 0.1) is 12.7 Å². The van der Waals surface area contributed by atoms with Crippen LogP contribution in [0.3, 0.4) is 0 Å². The highest BCUT2D eigenvalue weighted by molar-refractivity contribution is 9.11. The number of rotatable bonds is 5. The molecule has 0 fully saturated rings. The third kappa shape index (κ3) is 6.27. The van der Waals surface area contributed by atoms with E-state index in [9.17, 15) is 14.0 Å². The molecule has 2 N–H and O–H groups in total. The van der Waals surface area contributed by atoms with Crippen LogP contribution < -0.4 is 15.6 Å². The molecular weight excluding hydrogens is 471 g/mol. The van der Waals surface area contributed by atoms with Crippen molar-refractivity contribution in [2.24, 2.45) is 0 Å². The number of amides is 2. The number of aryl methyl sites for hydroxylation is 1. The molecule has 0 bridgehead atoms. The molecular formula is C18H15Br2FN2O3. The molecule has 2 rings (SSSR count). The predicted molar refractivity (Wildman–Crippen MR) is 104 cm³/mol. The maximum absolute atomic E-state index is 12.8. The fraction of sp³-hybridized carbons (Fsp3) is 0.111. The summed E-state index contributed by atoms with van der Waals surface area (Å²) in [5.41, 5.74) is 6.00. The van der Waals surface area contributed by atoms with Gasteiger partial charge in [-0.3, -0.25) is 20.4 Å². The standard InChI is InChI=1S/C18H15Br2FN2O3/c1-11-8-13(19)9-15(20)18(11)26-10-17(25)23-22-16(24)7-4-12-2-5-14(21)6-3-12/h2-9H,10H2,1H3,(H,22,24)(H,23,25). The number of carbonyl (C=O) groups is 2. The van der Waals surface area contributed by atoms with Gasteiger partial charge in [-0.2, -0.15) is 0 Å². The van der Waals surface area contributed by atoms with Gasteiger partial charge in [0.2, 0.25) is 0 Å². The number of ether oxygens (including phenoxy) is 1. The molecule has 0 aliphatic carbocycles. The summed E-state index contributed by atoms with van der Waals surface area (Å²) < 4.78 is 19.9. The van der Waals surface area contributed by atoms with E-state index >= 15 is 0 Å². The van der Waals surface area contributed by atoms with Crippen LogP contribution in [-0.2, 0) is 9.59 Å². The van der Waals surface area contributed by atoms with Crippen molar-refractivity contribution in [3.8, 4) is 5.75 Å². The number of carbonyl (C=O) groups excluding carboxylic acids is 2.